The summed E-state index contributed by atoms with van der Waals surface area (Å²) in [6, 6.07) is 0. The number of hydrogen-bond acceptors (Lipinski definition) is 3. The molecule has 3 heteroatoms. The van der Waals surface area contributed by atoms with Gasteiger partial charge >= 0.3 is 0 Å². The fraction of sp³-hybridized carbons (Fsp3) is 1.00. The lowest BCUT2D eigenvalue weighted by molar-refractivity contribution is 0.287. The molecule has 0 aromatic rings. The molecule has 0 amide bonds. The fourth-order valence-electron chi connectivity index (χ4n) is 0.158. The van der Waals surface area contributed by atoms with Crippen LogP contribution in [0.25, 0.3) is 0 Å². The third-order valence-corrected chi connectivity index (χ3v) is 0.512. The summed E-state index contributed by atoms with van der Waals surface area (Å²) in [6.07, 6.45) is 2.04. The monoisotopic (exact) mass is 138 g/mol. The van der Waals surface area contributed by atoms with E-state index in [1.54, 1.807) is 0 Å². The molecule has 0 aromatic carbocycles. The summed E-state index contributed by atoms with van der Waals surface area (Å²) in [4.78, 5) is 0. The van der Waals surface area contributed by atoms with Gasteiger partial charge in [0, 0.05) is 20.8 Å². The van der Waals surface area contributed by atoms with Crippen LogP contribution in [0.2, 0.25) is 0 Å². The van der Waals surface area contributed by atoms with Gasteiger partial charge in [-0.2, -0.15) is 0 Å². The maximum Gasteiger partial charge on any atom is 0.0430 e. The van der Waals surface area contributed by atoms with E-state index >= 15 is 0 Å². The van der Waals surface area contributed by atoms with Gasteiger partial charge in [-0.05, 0) is 6.42 Å². The molecule has 0 saturated heterocycles. The molecule has 0 fully saturated rings. The summed E-state index contributed by atoms with van der Waals surface area (Å²) in [6.45, 7) is 2.40. The molecule has 0 unspecified atom stereocenters. The summed E-state index contributed by atoms with van der Waals surface area (Å²) in [5, 5.41) is 22.1. The van der Waals surface area contributed by atoms with Gasteiger partial charge in [-0.25, -0.2) is 0 Å². The van der Waals surface area contributed by atoms with Crippen molar-refractivity contribution in [2.45, 2.75) is 19.8 Å². The highest BCUT2D eigenvalue weighted by molar-refractivity contribution is 4.23. The van der Waals surface area contributed by atoms with Gasteiger partial charge in [0.1, 0.15) is 0 Å². The van der Waals surface area contributed by atoms with Crippen molar-refractivity contribution in [2.24, 2.45) is 0 Å². The summed E-state index contributed by atoms with van der Waals surface area (Å²) in [5.74, 6) is 0. The SMILES string of the molecule is CCCCO.CO.CO. The third kappa shape index (κ3) is 77.1. The minimum absolute atomic E-state index is 0.344. The average Bonchev–Trinajstić information content (AvgIpc) is 1.98. The van der Waals surface area contributed by atoms with Gasteiger partial charge < -0.3 is 15.3 Å². The predicted octanol–water partition coefficient (Wildman–Crippen LogP) is -0.00420. The first kappa shape index (κ1) is 15.9. The average molecular weight is 138 g/mol. The quantitative estimate of drug-likeness (QED) is 0.503. The Bertz CT molecular complexity index is 15.8. The Morgan fingerprint density at radius 3 is 1.33 bits per heavy atom. The normalized spacial score (nSPS) is 6.00. The molecule has 0 heterocycles. The van der Waals surface area contributed by atoms with Gasteiger partial charge in [0.15, 0.2) is 0 Å². The molecule has 0 aliphatic rings. The largest absolute Gasteiger partial charge is 0.400 e. The Hall–Kier alpha value is -0.120. The van der Waals surface area contributed by atoms with E-state index in [9.17, 15) is 0 Å². The first-order valence-electron chi connectivity index (χ1n) is 2.92. The molecule has 0 spiro atoms. The molecule has 0 aromatic heterocycles. The maximum absolute atomic E-state index is 8.07. The van der Waals surface area contributed by atoms with Crippen LogP contribution in [0.1, 0.15) is 19.8 Å². The third-order valence-electron chi connectivity index (χ3n) is 0.512. The first-order valence-corrected chi connectivity index (χ1v) is 2.92. The van der Waals surface area contributed by atoms with Crippen molar-refractivity contribution < 1.29 is 15.3 Å². The van der Waals surface area contributed by atoms with Crippen LogP contribution in [-0.2, 0) is 0 Å². The van der Waals surface area contributed by atoms with Crippen molar-refractivity contribution in [2.75, 3.05) is 20.8 Å². The summed E-state index contributed by atoms with van der Waals surface area (Å²) in [5.41, 5.74) is 0. The van der Waals surface area contributed by atoms with Crippen molar-refractivity contribution in [1.29, 1.82) is 0 Å². The number of aliphatic hydroxyl groups excluding tert-OH is 3. The van der Waals surface area contributed by atoms with E-state index in [4.69, 9.17) is 15.3 Å². The molecule has 3 N–H and O–H groups in total. The summed E-state index contributed by atoms with van der Waals surface area (Å²) >= 11 is 0. The van der Waals surface area contributed by atoms with Crippen LogP contribution in [0, 0.1) is 0 Å². The molecule has 0 atom stereocenters. The molecule has 0 saturated carbocycles. The zero-order valence-corrected chi connectivity index (χ0v) is 6.46. The molecule has 0 radical (unpaired) electrons. The Balaban J connectivity index is -0.0000000771. The van der Waals surface area contributed by atoms with Gasteiger partial charge in [-0.15, -0.1) is 0 Å². The van der Waals surface area contributed by atoms with Gasteiger partial charge in [0.25, 0.3) is 0 Å². The smallest absolute Gasteiger partial charge is 0.0430 e. The lowest BCUT2D eigenvalue weighted by atomic mass is 10.4. The molecular formula is C6H18O3. The molecule has 0 aliphatic heterocycles. The zero-order chi connectivity index (χ0) is 8.12. The van der Waals surface area contributed by atoms with Gasteiger partial charge in [0.05, 0.1) is 0 Å². The minimum atomic E-state index is 0.344. The van der Waals surface area contributed by atoms with Crippen LogP contribution in [0.5, 0.6) is 0 Å². The molecule has 3 nitrogen and oxygen atoms in total. The van der Waals surface area contributed by atoms with Crippen LogP contribution in [0.4, 0.5) is 0 Å². The molecule has 0 bridgehead atoms. The Labute approximate surface area is 57.0 Å². The predicted molar refractivity (Wildman–Crippen MR) is 38.3 cm³/mol. The van der Waals surface area contributed by atoms with E-state index in [1.807, 2.05) is 0 Å². The number of hydrogen-bond donors (Lipinski definition) is 3. The van der Waals surface area contributed by atoms with E-state index in [1.165, 1.54) is 0 Å². The Morgan fingerprint density at radius 1 is 1.00 bits per heavy atom. The second-order valence-electron chi connectivity index (χ2n) is 1.08. The zero-order valence-electron chi connectivity index (χ0n) is 6.46. The van der Waals surface area contributed by atoms with Crippen molar-refractivity contribution >= 4 is 0 Å². The number of unbranched alkanes of at least 4 members (excludes halogenated alkanes) is 1. The fourth-order valence-corrected chi connectivity index (χ4v) is 0.158. The van der Waals surface area contributed by atoms with E-state index in [2.05, 4.69) is 6.92 Å². The van der Waals surface area contributed by atoms with Crippen LogP contribution in [0.3, 0.4) is 0 Å². The van der Waals surface area contributed by atoms with E-state index in [0.717, 1.165) is 27.1 Å². The van der Waals surface area contributed by atoms with E-state index < -0.39 is 0 Å². The standard InChI is InChI=1S/C4H10O.2CH4O/c1-2-3-4-5;2*1-2/h5H,2-4H2,1H3;2*2H,1H3. The lowest BCUT2D eigenvalue weighted by Gasteiger charge is -1.79. The maximum atomic E-state index is 8.07. The highest BCUT2D eigenvalue weighted by atomic mass is 16.3. The summed E-state index contributed by atoms with van der Waals surface area (Å²) < 4.78 is 0. The molecule has 0 aliphatic carbocycles. The molecule has 0 rings (SSSR count). The topological polar surface area (TPSA) is 60.7 Å². The van der Waals surface area contributed by atoms with E-state index in [0.29, 0.717) is 6.61 Å². The van der Waals surface area contributed by atoms with E-state index in [-0.39, 0.29) is 0 Å². The molecule has 60 valence electrons. The van der Waals surface area contributed by atoms with Crippen LogP contribution in [-0.4, -0.2) is 36.1 Å². The van der Waals surface area contributed by atoms with Gasteiger partial charge in [-0.3, -0.25) is 0 Å². The lowest BCUT2D eigenvalue weighted by Crippen LogP contribution is -1.75. The Morgan fingerprint density at radius 2 is 1.33 bits per heavy atom. The minimum Gasteiger partial charge on any atom is -0.400 e. The second kappa shape index (κ2) is 45.0. The summed E-state index contributed by atoms with van der Waals surface area (Å²) in [7, 11) is 2.00. The molecular weight excluding hydrogens is 120 g/mol. The highest BCUT2D eigenvalue weighted by Crippen LogP contribution is 1.78. The van der Waals surface area contributed by atoms with Gasteiger partial charge in [0.2, 0.25) is 0 Å². The van der Waals surface area contributed by atoms with Crippen molar-refractivity contribution in [1.82, 2.24) is 0 Å². The van der Waals surface area contributed by atoms with Crippen molar-refractivity contribution in [3.63, 3.8) is 0 Å². The van der Waals surface area contributed by atoms with Gasteiger partial charge in [-0.1, -0.05) is 13.3 Å². The van der Waals surface area contributed by atoms with Crippen LogP contribution < -0.4 is 0 Å². The highest BCUT2D eigenvalue weighted by Gasteiger charge is 1.69. The van der Waals surface area contributed by atoms with Crippen LogP contribution >= 0.6 is 0 Å². The Kier molecular flexibility index (Phi) is 79.7. The molecule has 9 heavy (non-hydrogen) atoms. The van der Waals surface area contributed by atoms with Crippen LogP contribution in [0.15, 0.2) is 0 Å². The first-order chi connectivity index (χ1) is 4.41. The van der Waals surface area contributed by atoms with Crippen molar-refractivity contribution in [3.8, 4) is 0 Å². The number of rotatable bonds is 2. The number of aliphatic hydroxyl groups is 3. The second-order valence-corrected chi connectivity index (χ2v) is 1.08. The van der Waals surface area contributed by atoms with Crippen molar-refractivity contribution in [3.05, 3.63) is 0 Å².